The molecule has 2 saturated heterocycles. The predicted molar refractivity (Wildman–Crippen MR) is 144 cm³/mol. The lowest BCUT2D eigenvalue weighted by molar-refractivity contribution is 0.126. The van der Waals surface area contributed by atoms with Crippen molar-refractivity contribution in [3.05, 3.63) is 52.3 Å². The summed E-state index contributed by atoms with van der Waals surface area (Å²) in [6.45, 7) is 8.42. The van der Waals surface area contributed by atoms with E-state index in [2.05, 4.69) is 36.2 Å². The fourth-order valence-corrected chi connectivity index (χ4v) is 6.23. The first-order valence-corrected chi connectivity index (χ1v) is 13.5. The number of fused-ring (bicyclic) bond motifs is 1. The zero-order valence-corrected chi connectivity index (χ0v) is 22.1. The van der Waals surface area contributed by atoms with E-state index in [1.54, 1.807) is 12.1 Å². The van der Waals surface area contributed by atoms with E-state index in [1.807, 2.05) is 16.5 Å². The van der Waals surface area contributed by atoms with E-state index >= 15 is 0 Å². The third kappa shape index (κ3) is 4.03. The van der Waals surface area contributed by atoms with Crippen molar-refractivity contribution in [2.75, 3.05) is 43.0 Å². The fraction of sp³-hybridized carbons (Fsp3) is 0.407. The number of anilines is 3. The number of hydrogen-bond acceptors (Lipinski definition) is 8. The van der Waals surface area contributed by atoms with E-state index in [-0.39, 0.29) is 5.82 Å². The van der Waals surface area contributed by atoms with Crippen LogP contribution in [0.4, 0.5) is 21.2 Å². The van der Waals surface area contributed by atoms with E-state index in [0.717, 1.165) is 61.1 Å². The summed E-state index contributed by atoms with van der Waals surface area (Å²) in [6.07, 6.45) is 3.09. The summed E-state index contributed by atoms with van der Waals surface area (Å²) in [6, 6.07) is 10.5. The zero-order valence-electron chi connectivity index (χ0n) is 21.3. The number of imidazole rings is 1. The third-order valence-electron chi connectivity index (χ3n) is 7.72. The lowest BCUT2D eigenvalue weighted by Gasteiger charge is -2.48. The van der Waals surface area contributed by atoms with Gasteiger partial charge >= 0.3 is 0 Å². The van der Waals surface area contributed by atoms with Crippen LogP contribution in [0.1, 0.15) is 35.9 Å². The molecule has 0 atom stereocenters. The maximum absolute atomic E-state index is 13.5. The number of halogens is 1. The van der Waals surface area contributed by atoms with Gasteiger partial charge in [0.2, 0.25) is 0 Å². The average molecular weight is 517 g/mol. The number of nitrogens with zero attached hydrogens (tertiary/aromatic N) is 7. The molecule has 8 nitrogen and oxygen atoms in total. The second-order valence-corrected chi connectivity index (χ2v) is 11.1. The largest absolute Gasteiger partial charge is 0.355 e. The molecule has 2 aliphatic rings. The second kappa shape index (κ2) is 9.08. The number of nitriles is 1. The molecule has 2 aliphatic heterocycles. The summed E-state index contributed by atoms with van der Waals surface area (Å²) in [7, 11) is 1.94. The molecule has 2 fully saturated rings. The average Bonchev–Trinajstić information content (AvgIpc) is 3.50. The zero-order chi connectivity index (χ0) is 25.7. The highest BCUT2D eigenvalue weighted by atomic mass is 32.1. The Bertz CT molecular complexity index is 1500. The molecule has 6 rings (SSSR count). The molecular weight excluding hydrogens is 487 g/mol. The Balaban J connectivity index is 1.39. The Labute approximate surface area is 219 Å². The number of piperidine rings is 1. The lowest BCUT2D eigenvalue weighted by Crippen LogP contribution is -2.58. The summed E-state index contributed by atoms with van der Waals surface area (Å²) in [5.74, 6) is 1.49. The van der Waals surface area contributed by atoms with Crippen molar-refractivity contribution in [2.45, 2.75) is 33.1 Å². The Morgan fingerprint density at radius 3 is 2.54 bits per heavy atom. The molecule has 1 N–H and O–H groups in total. The van der Waals surface area contributed by atoms with Gasteiger partial charge < -0.3 is 15.1 Å². The lowest BCUT2D eigenvalue weighted by atomic mass is 9.73. The second-order valence-electron chi connectivity index (χ2n) is 10.1. The van der Waals surface area contributed by atoms with Crippen LogP contribution in [-0.4, -0.2) is 52.8 Å². The predicted octanol–water partition coefficient (Wildman–Crippen LogP) is 4.69. The molecule has 1 aromatic carbocycles. The molecule has 3 aromatic heterocycles. The summed E-state index contributed by atoms with van der Waals surface area (Å²) < 4.78 is 15.4. The van der Waals surface area contributed by atoms with Crippen LogP contribution in [0.15, 0.2) is 30.3 Å². The van der Waals surface area contributed by atoms with Gasteiger partial charge in [-0.2, -0.15) is 9.78 Å². The third-order valence-corrected chi connectivity index (χ3v) is 8.76. The van der Waals surface area contributed by atoms with Gasteiger partial charge in [0.15, 0.2) is 16.6 Å². The SMILES string of the molecule is CCc1nc2c(C)cc(N3CCC4(CC3)CNC4)nn2c1N(C)c1nc(-c2ccc(F)cc2)c(C#N)s1. The number of benzene rings is 1. The maximum Gasteiger partial charge on any atom is 0.192 e. The summed E-state index contributed by atoms with van der Waals surface area (Å²) in [5, 5.41) is 19.0. The van der Waals surface area contributed by atoms with Gasteiger partial charge in [-0.1, -0.05) is 18.3 Å². The van der Waals surface area contributed by atoms with Gasteiger partial charge in [-0.05, 0) is 67.5 Å². The highest BCUT2D eigenvalue weighted by molar-refractivity contribution is 7.16. The van der Waals surface area contributed by atoms with Crippen molar-refractivity contribution in [3.63, 3.8) is 0 Å². The molecule has 10 heteroatoms. The van der Waals surface area contributed by atoms with Crippen LogP contribution in [0.3, 0.4) is 0 Å². The summed E-state index contributed by atoms with van der Waals surface area (Å²) in [4.78, 5) is 14.6. The van der Waals surface area contributed by atoms with E-state index in [0.29, 0.717) is 26.7 Å². The molecule has 0 radical (unpaired) electrons. The highest BCUT2D eigenvalue weighted by Gasteiger charge is 2.40. The molecule has 0 amide bonds. The highest BCUT2D eigenvalue weighted by Crippen LogP contribution is 2.39. The van der Waals surface area contributed by atoms with Crippen LogP contribution in [0.25, 0.3) is 16.9 Å². The van der Waals surface area contributed by atoms with Crippen LogP contribution in [0, 0.1) is 29.5 Å². The van der Waals surface area contributed by atoms with Crippen molar-refractivity contribution >= 4 is 33.8 Å². The van der Waals surface area contributed by atoms with Crippen molar-refractivity contribution in [1.82, 2.24) is 24.9 Å². The number of aryl methyl sites for hydroxylation is 2. The van der Waals surface area contributed by atoms with Gasteiger partial charge in [0, 0.05) is 38.8 Å². The Morgan fingerprint density at radius 1 is 1.19 bits per heavy atom. The monoisotopic (exact) mass is 516 g/mol. The van der Waals surface area contributed by atoms with Crippen LogP contribution < -0.4 is 15.1 Å². The molecule has 4 aromatic rings. The minimum Gasteiger partial charge on any atom is -0.355 e. The minimum atomic E-state index is -0.321. The van der Waals surface area contributed by atoms with Gasteiger partial charge in [0.25, 0.3) is 0 Å². The molecule has 37 heavy (non-hydrogen) atoms. The molecule has 1 spiro atoms. The summed E-state index contributed by atoms with van der Waals surface area (Å²) >= 11 is 1.31. The number of hydrogen-bond donors (Lipinski definition) is 1. The summed E-state index contributed by atoms with van der Waals surface area (Å²) in [5.41, 5.74) is 4.56. The van der Waals surface area contributed by atoms with Crippen molar-refractivity contribution in [1.29, 1.82) is 5.26 Å². The quantitative estimate of drug-likeness (QED) is 0.412. The van der Waals surface area contributed by atoms with Gasteiger partial charge in [0.1, 0.15) is 28.3 Å². The van der Waals surface area contributed by atoms with Gasteiger partial charge in [0.05, 0.1) is 5.69 Å². The number of rotatable bonds is 5. The van der Waals surface area contributed by atoms with Crippen molar-refractivity contribution in [2.24, 2.45) is 5.41 Å². The molecule has 0 unspecified atom stereocenters. The Hall–Kier alpha value is -3.55. The van der Waals surface area contributed by atoms with Crippen LogP contribution >= 0.6 is 11.3 Å². The van der Waals surface area contributed by atoms with E-state index in [1.165, 1.54) is 36.3 Å². The van der Waals surface area contributed by atoms with E-state index in [9.17, 15) is 9.65 Å². The Morgan fingerprint density at radius 2 is 1.92 bits per heavy atom. The van der Waals surface area contributed by atoms with Gasteiger partial charge in [-0.3, -0.25) is 0 Å². The molecular formula is C27H29FN8S. The van der Waals surface area contributed by atoms with Crippen LogP contribution in [0.5, 0.6) is 0 Å². The molecule has 0 aliphatic carbocycles. The fourth-order valence-electron chi connectivity index (χ4n) is 5.38. The first-order chi connectivity index (χ1) is 17.9. The minimum absolute atomic E-state index is 0.321. The normalized spacial score (nSPS) is 16.7. The van der Waals surface area contributed by atoms with Gasteiger partial charge in [-0.25, -0.2) is 14.4 Å². The number of thiazole rings is 1. The van der Waals surface area contributed by atoms with Crippen LogP contribution in [0.2, 0.25) is 0 Å². The maximum atomic E-state index is 13.5. The smallest absolute Gasteiger partial charge is 0.192 e. The number of aromatic nitrogens is 4. The number of nitrogens with one attached hydrogen (secondary N) is 1. The first-order valence-electron chi connectivity index (χ1n) is 12.7. The standard InChI is InChI=1S/C27H29FN8S/c1-4-20-25(34(3)26-32-23(21(14-29)37-26)18-5-7-19(28)8-6-18)36-24(31-20)17(2)13-22(33-36)35-11-9-27(10-12-35)15-30-16-27/h5-8,13,30H,4,9-12,15-16H2,1-3H3. The topological polar surface area (TPSA) is 85.4 Å². The van der Waals surface area contributed by atoms with Crippen molar-refractivity contribution < 1.29 is 4.39 Å². The molecule has 5 heterocycles. The van der Waals surface area contributed by atoms with E-state index < -0.39 is 0 Å². The molecule has 0 bridgehead atoms. The molecule has 190 valence electrons. The van der Waals surface area contributed by atoms with Crippen molar-refractivity contribution in [3.8, 4) is 17.3 Å². The van der Waals surface area contributed by atoms with E-state index in [4.69, 9.17) is 15.1 Å². The van der Waals surface area contributed by atoms with Crippen LogP contribution in [-0.2, 0) is 6.42 Å². The van der Waals surface area contributed by atoms with Gasteiger partial charge in [-0.15, -0.1) is 5.10 Å². The molecule has 0 saturated carbocycles. The first kappa shape index (κ1) is 23.8. The Kier molecular flexibility index (Phi) is 5.85.